The minimum atomic E-state index is -3.41. The quantitative estimate of drug-likeness (QED) is 0.692. The van der Waals surface area contributed by atoms with E-state index in [1.54, 1.807) is 36.4 Å². The maximum Gasteiger partial charge on any atom is 0.232 e. The van der Waals surface area contributed by atoms with Crippen molar-refractivity contribution in [1.82, 2.24) is 4.90 Å². The van der Waals surface area contributed by atoms with Crippen molar-refractivity contribution >= 4 is 27.3 Å². The van der Waals surface area contributed by atoms with E-state index in [0.717, 1.165) is 5.69 Å². The average Bonchev–Trinajstić information content (AvgIpc) is 2.71. The molecule has 1 amide bonds. The van der Waals surface area contributed by atoms with Gasteiger partial charge in [-0.3, -0.25) is 9.10 Å². The number of para-hydroxylation sites is 1. The van der Waals surface area contributed by atoms with Gasteiger partial charge in [-0.1, -0.05) is 18.2 Å². The topological polar surface area (TPSA) is 60.9 Å². The summed E-state index contributed by atoms with van der Waals surface area (Å²) in [6, 6.07) is 15.3. The molecule has 6 nitrogen and oxygen atoms in total. The summed E-state index contributed by atoms with van der Waals surface area (Å²) in [6.07, 6.45) is 1.94. The van der Waals surface area contributed by atoms with Gasteiger partial charge in [-0.05, 0) is 42.8 Å². The molecule has 2 aromatic carbocycles. The van der Waals surface area contributed by atoms with Gasteiger partial charge >= 0.3 is 0 Å². The summed E-state index contributed by atoms with van der Waals surface area (Å²) in [7, 11) is -3.41. The molecular formula is C21H26FN3O3S. The molecule has 0 radical (unpaired) electrons. The van der Waals surface area contributed by atoms with Crippen molar-refractivity contribution in [3.8, 4) is 0 Å². The Morgan fingerprint density at radius 2 is 1.62 bits per heavy atom. The molecule has 8 heteroatoms. The number of carbonyl (C=O) groups excluding carboxylic acids is 1. The third-order valence-electron chi connectivity index (χ3n) is 5.02. The van der Waals surface area contributed by atoms with E-state index in [1.807, 2.05) is 11.0 Å². The number of carbonyl (C=O) groups is 1. The van der Waals surface area contributed by atoms with Crippen molar-refractivity contribution in [2.24, 2.45) is 0 Å². The number of sulfonamides is 1. The minimum Gasteiger partial charge on any atom is -0.368 e. The molecule has 2 aromatic rings. The zero-order chi connectivity index (χ0) is 20.9. The van der Waals surface area contributed by atoms with Gasteiger partial charge in [0.2, 0.25) is 15.9 Å². The minimum absolute atomic E-state index is 0.0327. The average molecular weight is 420 g/mol. The first-order chi connectivity index (χ1) is 13.8. The highest BCUT2D eigenvalue weighted by Gasteiger charge is 2.22. The summed E-state index contributed by atoms with van der Waals surface area (Å²) in [4.78, 5) is 16.5. The maximum absolute atomic E-state index is 13.1. The molecule has 0 aromatic heterocycles. The van der Waals surface area contributed by atoms with Crippen LogP contribution in [0.2, 0.25) is 0 Å². The van der Waals surface area contributed by atoms with Crippen molar-refractivity contribution in [1.29, 1.82) is 0 Å². The van der Waals surface area contributed by atoms with E-state index >= 15 is 0 Å². The fourth-order valence-electron chi connectivity index (χ4n) is 3.48. The van der Waals surface area contributed by atoms with Crippen LogP contribution in [0.3, 0.4) is 0 Å². The van der Waals surface area contributed by atoms with Crippen molar-refractivity contribution in [3.63, 3.8) is 0 Å². The van der Waals surface area contributed by atoms with Crippen LogP contribution in [-0.2, 0) is 14.8 Å². The molecule has 0 bridgehead atoms. The molecular weight excluding hydrogens is 393 g/mol. The van der Waals surface area contributed by atoms with Gasteiger partial charge in [0.25, 0.3) is 0 Å². The zero-order valence-electron chi connectivity index (χ0n) is 16.5. The predicted molar refractivity (Wildman–Crippen MR) is 113 cm³/mol. The Morgan fingerprint density at radius 1 is 1.00 bits per heavy atom. The van der Waals surface area contributed by atoms with Gasteiger partial charge in [-0.2, -0.15) is 0 Å². The molecule has 3 rings (SSSR count). The normalized spacial score (nSPS) is 14.7. The van der Waals surface area contributed by atoms with E-state index in [9.17, 15) is 17.6 Å². The van der Waals surface area contributed by atoms with E-state index in [4.69, 9.17) is 0 Å². The van der Waals surface area contributed by atoms with Crippen LogP contribution in [0, 0.1) is 5.82 Å². The van der Waals surface area contributed by atoms with Crippen LogP contribution in [-0.4, -0.2) is 58.2 Å². The second kappa shape index (κ2) is 9.26. The third-order valence-corrected chi connectivity index (χ3v) is 6.21. The first-order valence-electron chi connectivity index (χ1n) is 9.65. The first kappa shape index (κ1) is 21.1. The number of rotatable bonds is 7. The molecule has 1 heterocycles. The fraction of sp³-hybridized carbons (Fsp3) is 0.381. The molecule has 1 saturated heterocycles. The lowest BCUT2D eigenvalue weighted by Crippen LogP contribution is -2.48. The summed E-state index contributed by atoms with van der Waals surface area (Å²) in [5.74, 6) is -0.230. The second-order valence-electron chi connectivity index (χ2n) is 7.12. The van der Waals surface area contributed by atoms with Crippen LogP contribution < -0.4 is 9.21 Å². The summed E-state index contributed by atoms with van der Waals surface area (Å²) in [6.45, 7) is 2.85. The summed E-state index contributed by atoms with van der Waals surface area (Å²) in [5, 5.41) is 0. The Balaban J connectivity index is 1.49. The lowest BCUT2D eigenvalue weighted by Gasteiger charge is -2.36. The number of amides is 1. The molecule has 29 heavy (non-hydrogen) atoms. The zero-order valence-corrected chi connectivity index (χ0v) is 17.3. The van der Waals surface area contributed by atoms with Crippen LogP contribution >= 0.6 is 0 Å². The Hall–Kier alpha value is -2.61. The molecule has 1 aliphatic heterocycles. The molecule has 1 fully saturated rings. The standard InChI is InChI=1S/C21H26FN3O3S/c1-29(27,28)25(20-6-3-2-4-7-20)13-5-8-21(26)24-16-14-23(15-17-24)19-11-9-18(22)10-12-19/h2-4,6-7,9-12H,5,8,13-17H2,1H3. The van der Waals surface area contributed by atoms with Crippen molar-refractivity contribution in [2.75, 3.05) is 48.2 Å². The lowest BCUT2D eigenvalue weighted by atomic mass is 10.2. The number of hydrogen-bond donors (Lipinski definition) is 0. The monoisotopic (exact) mass is 419 g/mol. The van der Waals surface area contributed by atoms with Crippen LogP contribution in [0.15, 0.2) is 54.6 Å². The van der Waals surface area contributed by atoms with Crippen LogP contribution in [0.5, 0.6) is 0 Å². The van der Waals surface area contributed by atoms with E-state index in [-0.39, 0.29) is 18.3 Å². The van der Waals surface area contributed by atoms with E-state index in [0.29, 0.717) is 44.7 Å². The van der Waals surface area contributed by atoms with E-state index in [2.05, 4.69) is 4.90 Å². The Labute approximate surface area is 171 Å². The Bertz CT molecular complexity index is 912. The van der Waals surface area contributed by atoms with Crippen molar-refractivity contribution in [3.05, 3.63) is 60.4 Å². The SMILES string of the molecule is CS(=O)(=O)N(CCCC(=O)N1CCN(c2ccc(F)cc2)CC1)c1ccccc1. The predicted octanol–water partition coefficient (Wildman–Crippen LogP) is 2.72. The van der Waals surface area contributed by atoms with Crippen LogP contribution in [0.4, 0.5) is 15.8 Å². The number of hydrogen-bond acceptors (Lipinski definition) is 4. The number of nitrogens with zero attached hydrogens (tertiary/aromatic N) is 3. The molecule has 0 N–H and O–H groups in total. The summed E-state index contributed by atoms with van der Waals surface area (Å²) < 4.78 is 38.6. The van der Waals surface area contributed by atoms with Crippen LogP contribution in [0.25, 0.3) is 0 Å². The fourth-order valence-corrected chi connectivity index (χ4v) is 4.44. The van der Waals surface area contributed by atoms with Gasteiger partial charge in [-0.15, -0.1) is 0 Å². The van der Waals surface area contributed by atoms with Gasteiger partial charge in [0.15, 0.2) is 0 Å². The highest BCUT2D eigenvalue weighted by atomic mass is 32.2. The number of benzene rings is 2. The van der Waals surface area contributed by atoms with Gasteiger partial charge in [0.05, 0.1) is 11.9 Å². The molecule has 0 aliphatic carbocycles. The summed E-state index contributed by atoms with van der Waals surface area (Å²) in [5.41, 5.74) is 1.56. The first-order valence-corrected chi connectivity index (χ1v) is 11.5. The molecule has 0 spiro atoms. The van der Waals surface area contributed by atoms with Gasteiger partial charge in [0, 0.05) is 44.8 Å². The number of piperazine rings is 1. The van der Waals surface area contributed by atoms with Crippen molar-refractivity contribution in [2.45, 2.75) is 12.8 Å². The summed E-state index contributed by atoms with van der Waals surface area (Å²) >= 11 is 0. The Kier molecular flexibility index (Phi) is 6.74. The second-order valence-corrected chi connectivity index (χ2v) is 9.03. The molecule has 1 aliphatic rings. The molecule has 0 atom stereocenters. The lowest BCUT2D eigenvalue weighted by molar-refractivity contribution is -0.131. The van der Waals surface area contributed by atoms with E-state index in [1.165, 1.54) is 22.7 Å². The highest BCUT2D eigenvalue weighted by Crippen LogP contribution is 2.19. The maximum atomic E-state index is 13.1. The van der Waals surface area contributed by atoms with Crippen molar-refractivity contribution < 1.29 is 17.6 Å². The smallest absolute Gasteiger partial charge is 0.232 e. The van der Waals surface area contributed by atoms with Crippen LogP contribution in [0.1, 0.15) is 12.8 Å². The van der Waals surface area contributed by atoms with Gasteiger partial charge in [-0.25, -0.2) is 12.8 Å². The van der Waals surface area contributed by atoms with Gasteiger partial charge < -0.3 is 9.80 Å². The molecule has 156 valence electrons. The number of anilines is 2. The highest BCUT2D eigenvalue weighted by molar-refractivity contribution is 7.92. The molecule has 0 unspecified atom stereocenters. The van der Waals surface area contributed by atoms with E-state index < -0.39 is 10.0 Å². The third kappa shape index (κ3) is 5.69. The number of halogens is 1. The largest absolute Gasteiger partial charge is 0.368 e. The van der Waals surface area contributed by atoms with Gasteiger partial charge in [0.1, 0.15) is 5.82 Å². The molecule has 0 saturated carbocycles. The Morgan fingerprint density at radius 3 is 2.21 bits per heavy atom.